The lowest BCUT2D eigenvalue weighted by molar-refractivity contribution is 0.0977. The van der Waals surface area contributed by atoms with Crippen LogP contribution in [0, 0.1) is 25.2 Å². The van der Waals surface area contributed by atoms with Crippen molar-refractivity contribution in [2.24, 2.45) is 0 Å². The van der Waals surface area contributed by atoms with Gasteiger partial charge in [-0.25, -0.2) is 0 Å². The average molecular weight is 250 g/mol. The Morgan fingerprint density at radius 1 is 1.26 bits per heavy atom. The monoisotopic (exact) mass is 250 g/mol. The third kappa shape index (κ3) is 2.69. The van der Waals surface area contributed by atoms with Gasteiger partial charge >= 0.3 is 0 Å². The molecule has 0 aliphatic rings. The Hall–Kier alpha value is -2.47. The lowest BCUT2D eigenvalue weighted by Gasteiger charge is -2.10. The molecule has 0 saturated heterocycles. The van der Waals surface area contributed by atoms with Crippen LogP contribution < -0.4 is 0 Å². The van der Waals surface area contributed by atoms with E-state index in [0.717, 1.165) is 11.1 Å². The number of carbonyl (C=O) groups excluding carboxylic acids is 1. The van der Waals surface area contributed by atoms with Crippen molar-refractivity contribution in [2.75, 3.05) is 0 Å². The maximum Gasteiger partial charge on any atom is 0.186 e. The van der Waals surface area contributed by atoms with Crippen molar-refractivity contribution < 1.29 is 4.79 Å². The van der Waals surface area contributed by atoms with Gasteiger partial charge in [0.05, 0.1) is 11.8 Å². The van der Waals surface area contributed by atoms with Crippen molar-refractivity contribution in [3.05, 3.63) is 65.0 Å². The summed E-state index contributed by atoms with van der Waals surface area (Å²) in [5.41, 5.74) is 3.07. The van der Waals surface area contributed by atoms with Crippen LogP contribution in [-0.2, 0) is 0 Å². The lowest BCUT2D eigenvalue weighted by Crippen LogP contribution is -2.13. The zero-order valence-electron chi connectivity index (χ0n) is 10.9. The molecule has 0 aliphatic carbocycles. The van der Waals surface area contributed by atoms with Crippen molar-refractivity contribution in [3.63, 3.8) is 0 Å². The molecule has 1 aromatic heterocycles. The molecule has 0 unspecified atom stereocenters. The average Bonchev–Trinajstić information content (AvgIpc) is 2.40. The Morgan fingerprint density at radius 3 is 2.63 bits per heavy atom. The number of aromatic nitrogens is 1. The molecular formula is C16H14N2O. The van der Waals surface area contributed by atoms with Gasteiger partial charge in [0, 0.05) is 11.8 Å². The second kappa shape index (κ2) is 5.45. The van der Waals surface area contributed by atoms with Crippen LogP contribution >= 0.6 is 0 Å². The number of Topliss-reactive ketones (excluding diaryl/α,β-unsaturated/α-hetero) is 1. The molecular weight excluding hydrogens is 236 g/mol. The Balaban J connectivity index is 2.40. The van der Waals surface area contributed by atoms with E-state index in [1.807, 2.05) is 32.0 Å². The number of carbonyl (C=O) groups is 1. The number of nitrogens with zero attached hydrogens (tertiary/aromatic N) is 2. The fourth-order valence-electron chi connectivity index (χ4n) is 2.05. The van der Waals surface area contributed by atoms with E-state index in [9.17, 15) is 10.1 Å². The molecule has 3 nitrogen and oxygen atoms in total. The quantitative estimate of drug-likeness (QED) is 0.786. The summed E-state index contributed by atoms with van der Waals surface area (Å²) in [6, 6.07) is 12.9. The molecule has 1 atom stereocenters. The van der Waals surface area contributed by atoms with E-state index in [4.69, 9.17) is 0 Å². The van der Waals surface area contributed by atoms with Gasteiger partial charge in [-0.15, -0.1) is 0 Å². The van der Waals surface area contributed by atoms with Crippen molar-refractivity contribution in [2.45, 2.75) is 19.8 Å². The first-order valence-corrected chi connectivity index (χ1v) is 6.05. The summed E-state index contributed by atoms with van der Waals surface area (Å²) < 4.78 is 0. The zero-order valence-corrected chi connectivity index (χ0v) is 10.9. The summed E-state index contributed by atoms with van der Waals surface area (Å²) in [5.74, 6) is -1.04. The largest absolute Gasteiger partial charge is 0.292 e. The molecule has 0 saturated carbocycles. The lowest BCUT2D eigenvalue weighted by atomic mass is 9.92. The number of hydrogen-bond acceptors (Lipinski definition) is 3. The molecule has 1 heterocycles. The number of aryl methyl sites for hydroxylation is 2. The van der Waals surface area contributed by atoms with Crippen LogP contribution in [0.15, 0.2) is 42.6 Å². The highest BCUT2D eigenvalue weighted by Crippen LogP contribution is 2.21. The van der Waals surface area contributed by atoms with Crippen molar-refractivity contribution >= 4 is 5.78 Å². The van der Waals surface area contributed by atoms with Gasteiger partial charge in [0.25, 0.3) is 0 Å². The Kier molecular flexibility index (Phi) is 3.72. The first kappa shape index (κ1) is 13.0. The topological polar surface area (TPSA) is 53.8 Å². The molecule has 1 aromatic carbocycles. The van der Waals surface area contributed by atoms with Gasteiger partial charge in [0.1, 0.15) is 0 Å². The minimum absolute atomic E-state index is 0.196. The Labute approximate surface area is 112 Å². The molecule has 0 N–H and O–H groups in total. The molecule has 94 valence electrons. The molecule has 0 bridgehead atoms. The molecule has 0 spiro atoms. The normalized spacial score (nSPS) is 11.6. The van der Waals surface area contributed by atoms with E-state index in [2.05, 4.69) is 4.98 Å². The number of benzene rings is 1. The Bertz CT molecular complexity index is 642. The van der Waals surface area contributed by atoms with E-state index in [1.54, 1.807) is 30.5 Å². The molecule has 0 fully saturated rings. The minimum Gasteiger partial charge on any atom is -0.292 e. The highest BCUT2D eigenvalue weighted by Gasteiger charge is 2.23. The number of pyridine rings is 1. The fraction of sp³-hybridized carbons (Fsp3) is 0.188. The number of rotatable bonds is 3. The van der Waals surface area contributed by atoms with Gasteiger partial charge in [0.2, 0.25) is 0 Å². The molecule has 2 rings (SSSR count). The molecule has 2 aromatic rings. The van der Waals surface area contributed by atoms with Crippen LogP contribution in [-0.4, -0.2) is 10.8 Å². The smallest absolute Gasteiger partial charge is 0.186 e. The zero-order chi connectivity index (χ0) is 13.8. The Morgan fingerprint density at radius 2 is 2.05 bits per heavy atom. The predicted octanol–water partition coefficient (Wildman–Crippen LogP) is 3.19. The highest BCUT2D eigenvalue weighted by molar-refractivity contribution is 6.03. The molecule has 0 amide bonds. The van der Waals surface area contributed by atoms with Gasteiger partial charge < -0.3 is 0 Å². The second-order valence-corrected chi connectivity index (χ2v) is 4.50. The summed E-state index contributed by atoms with van der Waals surface area (Å²) >= 11 is 0. The maximum absolute atomic E-state index is 12.4. The van der Waals surface area contributed by atoms with Crippen LogP contribution in [0.3, 0.4) is 0 Å². The number of ketones is 1. The second-order valence-electron chi connectivity index (χ2n) is 4.50. The highest BCUT2D eigenvalue weighted by atomic mass is 16.1. The van der Waals surface area contributed by atoms with E-state index in [0.29, 0.717) is 11.3 Å². The summed E-state index contributed by atoms with van der Waals surface area (Å²) in [6.45, 7) is 3.86. The SMILES string of the molecule is Cc1ccc(C(=O)[C@@H](C#N)c2ccccn2)c(C)c1. The standard InChI is InChI=1S/C16H14N2O/c1-11-6-7-13(12(2)9-11)16(19)14(10-17)15-5-3-4-8-18-15/h3-9,14H,1-2H3/t14-/m0/s1. The summed E-state index contributed by atoms with van der Waals surface area (Å²) in [7, 11) is 0. The molecule has 0 radical (unpaired) electrons. The first-order chi connectivity index (χ1) is 9.13. The third-order valence-electron chi connectivity index (χ3n) is 3.02. The van der Waals surface area contributed by atoms with Crippen molar-refractivity contribution in [1.29, 1.82) is 5.26 Å². The van der Waals surface area contributed by atoms with E-state index >= 15 is 0 Å². The maximum atomic E-state index is 12.4. The molecule has 0 aliphatic heterocycles. The summed E-state index contributed by atoms with van der Waals surface area (Å²) in [5, 5.41) is 9.25. The third-order valence-corrected chi connectivity index (χ3v) is 3.02. The molecule has 3 heteroatoms. The molecule has 19 heavy (non-hydrogen) atoms. The van der Waals surface area contributed by atoms with Crippen molar-refractivity contribution in [1.82, 2.24) is 4.98 Å². The number of nitriles is 1. The van der Waals surface area contributed by atoms with E-state index in [1.165, 1.54) is 0 Å². The van der Waals surface area contributed by atoms with Gasteiger partial charge in [-0.3, -0.25) is 9.78 Å². The van der Waals surface area contributed by atoms with Gasteiger partial charge in [-0.1, -0.05) is 29.8 Å². The summed E-state index contributed by atoms with van der Waals surface area (Å²) in [6.07, 6.45) is 1.59. The number of hydrogen-bond donors (Lipinski definition) is 0. The first-order valence-electron chi connectivity index (χ1n) is 6.05. The minimum atomic E-state index is -0.845. The van der Waals surface area contributed by atoms with Crippen LogP contribution in [0.1, 0.15) is 33.1 Å². The summed E-state index contributed by atoms with van der Waals surface area (Å²) in [4.78, 5) is 16.5. The predicted molar refractivity (Wildman–Crippen MR) is 72.8 cm³/mol. The van der Waals surface area contributed by atoms with E-state index in [-0.39, 0.29) is 5.78 Å². The van der Waals surface area contributed by atoms with E-state index < -0.39 is 5.92 Å². The van der Waals surface area contributed by atoms with Gasteiger partial charge in [0.15, 0.2) is 11.7 Å². The van der Waals surface area contributed by atoms with Gasteiger partial charge in [-0.2, -0.15) is 5.26 Å². The van der Waals surface area contributed by atoms with Crippen LogP contribution in [0.5, 0.6) is 0 Å². The van der Waals surface area contributed by atoms with Crippen molar-refractivity contribution in [3.8, 4) is 6.07 Å². The van der Waals surface area contributed by atoms with Crippen LogP contribution in [0.2, 0.25) is 0 Å². The van der Waals surface area contributed by atoms with Gasteiger partial charge in [-0.05, 0) is 31.5 Å². The van der Waals surface area contributed by atoms with Crippen LogP contribution in [0.4, 0.5) is 0 Å². The fourth-order valence-corrected chi connectivity index (χ4v) is 2.05. The van der Waals surface area contributed by atoms with Crippen LogP contribution in [0.25, 0.3) is 0 Å².